The van der Waals surface area contributed by atoms with Gasteiger partial charge in [0.05, 0.1) is 0 Å². The summed E-state index contributed by atoms with van der Waals surface area (Å²) in [5, 5.41) is 20.4. The molecule has 0 aliphatic carbocycles. The monoisotopic (exact) mass is 269 g/mol. The number of carbonyl (C=O) groups excluding carboxylic acids is 1. The minimum Gasteiger partial charge on any atom is -0.480 e. The van der Waals surface area contributed by atoms with Crippen LogP contribution in [0.1, 0.15) is 26.1 Å². The Morgan fingerprint density at radius 3 is 2.74 bits per heavy atom. The van der Waals surface area contributed by atoms with Crippen LogP contribution in [0.5, 0.6) is 0 Å². The van der Waals surface area contributed by atoms with Crippen LogP contribution in [0, 0.1) is 5.92 Å². The fourth-order valence-corrected chi connectivity index (χ4v) is 1.51. The molecule has 4 N–H and O–H groups in total. The van der Waals surface area contributed by atoms with Gasteiger partial charge in [-0.25, -0.2) is 14.6 Å². The lowest BCUT2D eigenvalue weighted by atomic mass is 10.1. The van der Waals surface area contributed by atoms with Crippen molar-refractivity contribution in [3.63, 3.8) is 0 Å². The molecule has 8 nitrogen and oxygen atoms in total. The number of aromatic amines is 1. The Hall–Kier alpha value is -2.12. The first-order chi connectivity index (χ1) is 9.00. The standard InChI is InChI=1S/C11H19N5O3/c1-7(2)9(10(17)18)15-11(19)12-5-3-4-8-13-6-14-16-8/h6-7,9H,3-5H2,1-2H3,(H,17,18)(H2,12,15,19)(H,13,14,16)/t9-/m1/s1. The third kappa shape index (κ3) is 5.36. The van der Waals surface area contributed by atoms with Crippen molar-refractivity contribution in [2.45, 2.75) is 32.7 Å². The van der Waals surface area contributed by atoms with Crippen LogP contribution in [0.2, 0.25) is 0 Å². The molecule has 0 spiro atoms. The number of aryl methyl sites for hydroxylation is 1. The highest BCUT2D eigenvalue weighted by atomic mass is 16.4. The number of nitrogens with one attached hydrogen (secondary N) is 3. The van der Waals surface area contributed by atoms with Crippen LogP contribution in [0.25, 0.3) is 0 Å². The Morgan fingerprint density at radius 1 is 1.47 bits per heavy atom. The number of urea groups is 1. The van der Waals surface area contributed by atoms with Crippen molar-refractivity contribution in [2.75, 3.05) is 6.54 Å². The summed E-state index contributed by atoms with van der Waals surface area (Å²) in [5.41, 5.74) is 0. The Kier molecular flexibility index (Phi) is 5.77. The quantitative estimate of drug-likeness (QED) is 0.525. The lowest BCUT2D eigenvalue weighted by Crippen LogP contribution is -2.48. The van der Waals surface area contributed by atoms with E-state index >= 15 is 0 Å². The summed E-state index contributed by atoms with van der Waals surface area (Å²) in [6.07, 6.45) is 2.80. The average molecular weight is 269 g/mol. The molecular formula is C11H19N5O3. The van der Waals surface area contributed by atoms with Crippen LogP contribution in [-0.2, 0) is 11.2 Å². The maximum absolute atomic E-state index is 11.5. The topological polar surface area (TPSA) is 120 Å². The number of carbonyl (C=O) groups is 2. The molecule has 0 bridgehead atoms. The van der Waals surface area contributed by atoms with Crippen molar-refractivity contribution in [1.82, 2.24) is 25.8 Å². The average Bonchev–Trinajstić information content (AvgIpc) is 2.84. The smallest absolute Gasteiger partial charge is 0.326 e. The normalized spacial score (nSPS) is 12.2. The molecule has 0 fully saturated rings. The molecule has 0 aliphatic rings. The van der Waals surface area contributed by atoms with E-state index in [1.165, 1.54) is 6.33 Å². The van der Waals surface area contributed by atoms with Gasteiger partial charge >= 0.3 is 12.0 Å². The van der Waals surface area contributed by atoms with Crippen molar-refractivity contribution in [2.24, 2.45) is 5.92 Å². The van der Waals surface area contributed by atoms with Crippen LogP contribution < -0.4 is 10.6 Å². The molecule has 0 aromatic carbocycles. The van der Waals surface area contributed by atoms with Gasteiger partial charge in [-0.2, -0.15) is 5.10 Å². The van der Waals surface area contributed by atoms with Crippen molar-refractivity contribution >= 4 is 12.0 Å². The van der Waals surface area contributed by atoms with E-state index in [-0.39, 0.29) is 5.92 Å². The molecule has 1 atom stereocenters. The van der Waals surface area contributed by atoms with Crippen LogP contribution in [0.15, 0.2) is 6.33 Å². The largest absolute Gasteiger partial charge is 0.480 e. The first-order valence-corrected chi connectivity index (χ1v) is 6.12. The number of carboxylic acids is 1. The minimum absolute atomic E-state index is 0.169. The number of rotatable bonds is 7. The molecule has 0 saturated carbocycles. The zero-order valence-corrected chi connectivity index (χ0v) is 11.0. The molecule has 1 aromatic rings. The highest BCUT2D eigenvalue weighted by molar-refractivity contribution is 5.82. The summed E-state index contributed by atoms with van der Waals surface area (Å²) < 4.78 is 0. The number of hydrogen-bond acceptors (Lipinski definition) is 4. The van der Waals surface area contributed by atoms with Gasteiger partial charge in [-0.1, -0.05) is 13.8 Å². The number of aliphatic carboxylic acids is 1. The molecule has 106 valence electrons. The summed E-state index contributed by atoms with van der Waals surface area (Å²) in [4.78, 5) is 26.4. The van der Waals surface area contributed by atoms with Gasteiger partial charge in [0, 0.05) is 13.0 Å². The predicted octanol–water partition coefficient (Wildman–Crippen LogP) is 0.146. The number of carboxylic acid groups (broad SMARTS) is 1. The van der Waals surface area contributed by atoms with E-state index < -0.39 is 18.0 Å². The molecule has 1 rings (SSSR count). The highest BCUT2D eigenvalue weighted by Crippen LogP contribution is 2.01. The van der Waals surface area contributed by atoms with Crippen LogP contribution in [0.3, 0.4) is 0 Å². The first kappa shape index (κ1) is 14.9. The van der Waals surface area contributed by atoms with E-state index in [2.05, 4.69) is 25.8 Å². The number of hydrogen-bond donors (Lipinski definition) is 4. The molecule has 0 radical (unpaired) electrons. The van der Waals surface area contributed by atoms with Gasteiger partial charge in [0.15, 0.2) is 0 Å². The highest BCUT2D eigenvalue weighted by Gasteiger charge is 2.22. The van der Waals surface area contributed by atoms with E-state index in [9.17, 15) is 9.59 Å². The Bertz CT molecular complexity index is 404. The van der Waals surface area contributed by atoms with Gasteiger partial charge in [0.1, 0.15) is 18.2 Å². The summed E-state index contributed by atoms with van der Waals surface area (Å²) >= 11 is 0. The molecule has 8 heteroatoms. The van der Waals surface area contributed by atoms with E-state index in [0.717, 1.165) is 5.82 Å². The van der Waals surface area contributed by atoms with Crippen LogP contribution in [-0.4, -0.2) is 44.9 Å². The van der Waals surface area contributed by atoms with E-state index in [1.807, 2.05) is 0 Å². The number of H-pyrrole nitrogens is 1. The molecule has 0 aliphatic heterocycles. The maximum atomic E-state index is 11.5. The van der Waals surface area contributed by atoms with Gasteiger partial charge < -0.3 is 15.7 Å². The van der Waals surface area contributed by atoms with Crippen molar-refractivity contribution in [3.05, 3.63) is 12.2 Å². The summed E-state index contributed by atoms with van der Waals surface area (Å²) in [6.45, 7) is 3.92. The van der Waals surface area contributed by atoms with Gasteiger partial charge in [-0.05, 0) is 12.3 Å². The zero-order chi connectivity index (χ0) is 14.3. The Labute approximate surface area is 111 Å². The Morgan fingerprint density at radius 2 is 2.21 bits per heavy atom. The first-order valence-electron chi connectivity index (χ1n) is 6.12. The number of amides is 2. The fourth-order valence-electron chi connectivity index (χ4n) is 1.51. The predicted molar refractivity (Wildman–Crippen MR) is 67.5 cm³/mol. The van der Waals surface area contributed by atoms with Crippen molar-refractivity contribution in [1.29, 1.82) is 0 Å². The fraction of sp³-hybridized carbons (Fsp3) is 0.636. The van der Waals surface area contributed by atoms with E-state index in [0.29, 0.717) is 19.4 Å². The zero-order valence-electron chi connectivity index (χ0n) is 11.0. The molecule has 2 amide bonds. The molecule has 0 saturated heterocycles. The second-order valence-corrected chi connectivity index (χ2v) is 4.50. The van der Waals surface area contributed by atoms with E-state index in [1.54, 1.807) is 13.8 Å². The third-order valence-electron chi connectivity index (χ3n) is 2.56. The second kappa shape index (κ2) is 7.34. The minimum atomic E-state index is -1.04. The number of aromatic nitrogens is 3. The van der Waals surface area contributed by atoms with Gasteiger partial charge in [-0.3, -0.25) is 5.10 Å². The molecular weight excluding hydrogens is 250 g/mol. The van der Waals surface area contributed by atoms with Crippen molar-refractivity contribution < 1.29 is 14.7 Å². The summed E-state index contributed by atoms with van der Waals surface area (Å²) in [6, 6.07) is -1.35. The molecule has 19 heavy (non-hydrogen) atoms. The van der Waals surface area contributed by atoms with Crippen LogP contribution >= 0.6 is 0 Å². The van der Waals surface area contributed by atoms with Gasteiger partial charge in [-0.15, -0.1) is 0 Å². The SMILES string of the molecule is CC(C)[C@@H](NC(=O)NCCCc1ncn[nH]1)C(=O)O. The summed E-state index contributed by atoms with van der Waals surface area (Å²) in [7, 11) is 0. The summed E-state index contributed by atoms with van der Waals surface area (Å²) in [5.74, 6) is -0.447. The third-order valence-corrected chi connectivity index (χ3v) is 2.56. The molecule has 0 unspecified atom stereocenters. The maximum Gasteiger partial charge on any atom is 0.326 e. The van der Waals surface area contributed by atoms with Crippen molar-refractivity contribution in [3.8, 4) is 0 Å². The number of nitrogens with zero attached hydrogens (tertiary/aromatic N) is 2. The lowest BCUT2D eigenvalue weighted by Gasteiger charge is -2.18. The van der Waals surface area contributed by atoms with Gasteiger partial charge in [0.25, 0.3) is 0 Å². The Balaban J connectivity index is 2.21. The lowest BCUT2D eigenvalue weighted by molar-refractivity contribution is -0.140. The van der Waals surface area contributed by atoms with Crippen LogP contribution in [0.4, 0.5) is 4.79 Å². The van der Waals surface area contributed by atoms with Gasteiger partial charge in [0.2, 0.25) is 0 Å². The molecule has 1 heterocycles. The van der Waals surface area contributed by atoms with E-state index in [4.69, 9.17) is 5.11 Å². The second-order valence-electron chi connectivity index (χ2n) is 4.50. The molecule has 1 aromatic heterocycles.